The smallest absolute Gasteiger partial charge is 0.248 e. The average Bonchev–Trinajstić information content (AvgIpc) is 3.08. The SMILES string of the molecule is CCOc1cc2nc(C(C)C)c(C#N)c(Nc3ccc(OCc4ccc(C5CCOCC5)nc4)c(Cl)c3)c2cc1NC(=O)/C=C/CN(C)C. The van der Waals surface area contributed by atoms with E-state index in [-0.39, 0.29) is 11.8 Å². The van der Waals surface area contributed by atoms with Crippen molar-refractivity contribution >= 4 is 45.5 Å². The van der Waals surface area contributed by atoms with E-state index in [1.165, 1.54) is 6.08 Å². The quantitative estimate of drug-likeness (QED) is 0.135. The Balaban J connectivity index is 1.42. The molecule has 2 aromatic carbocycles. The highest BCUT2D eigenvalue weighted by Crippen LogP contribution is 2.40. The Morgan fingerprint density at radius 3 is 2.59 bits per heavy atom. The minimum Gasteiger partial charge on any atom is -0.492 e. The van der Waals surface area contributed by atoms with Gasteiger partial charge in [0.25, 0.3) is 0 Å². The highest BCUT2D eigenvalue weighted by atomic mass is 35.5. The molecule has 1 aliphatic rings. The Labute approximate surface area is 293 Å². The molecule has 1 amide bonds. The Morgan fingerprint density at radius 2 is 1.94 bits per heavy atom. The second-order valence-electron chi connectivity index (χ2n) is 12.5. The van der Waals surface area contributed by atoms with E-state index in [1.807, 2.05) is 58.1 Å². The molecule has 11 heteroatoms. The summed E-state index contributed by atoms with van der Waals surface area (Å²) in [5.41, 5.74) is 5.38. The molecule has 0 unspecified atom stereocenters. The molecule has 4 aromatic rings. The summed E-state index contributed by atoms with van der Waals surface area (Å²) in [4.78, 5) is 24.3. The maximum absolute atomic E-state index is 12.8. The largest absolute Gasteiger partial charge is 0.492 e. The van der Waals surface area contributed by atoms with Crippen LogP contribution < -0.4 is 20.1 Å². The molecule has 0 aliphatic carbocycles. The number of rotatable bonds is 13. The molecule has 0 saturated carbocycles. The van der Waals surface area contributed by atoms with Crippen LogP contribution in [0.15, 0.2) is 60.8 Å². The van der Waals surface area contributed by atoms with E-state index in [0.717, 1.165) is 37.3 Å². The molecular weight excluding hydrogens is 640 g/mol. The number of carbonyl (C=O) groups is 1. The van der Waals surface area contributed by atoms with Crippen LogP contribution in [0.1, 0.15) is 68.0 Å². The van der Waals surface area contributed by atoms with Crippen LogP contribution in [0.25, 0.3) is 10.9 Å². The zero-order valence-electron chi connectivity index (χ0n) is 28.7. The van der Waals surface area contributed by atoms with Crippen molar-refractivity contribution < 1.29 is 19.0 Å². The predicted molar refractivity (Wildman–Crippen MR) is 194 cm³/mol. The van der Waals surface area contributed by atoms with Gasteiger partial charge in [-0.05, 0) is 70.1 Å². The van der Waals surface area contributed by atoms with Gasteiger partial charge in [-0.2, -0.15) is 5.26 Å². The number of nitriles is 1. The number of nitrogens with one attached hydrogen (secondary N) is 2. The Bertz CT molecular complexity index is 1850. The summed E-state index contributed by atoms with van der Waals surface area (Å²) in [7, 11) is 3.86. The third-order valence-electron chi connectivity index (χ3n) is 8.15. The lowest BCUT2D eigenvalue weighted by Crippen LogP contribution is -2.15. The summed E-state index contributed by atoms with van der Waals surface area (Å²) in [5, 5.41) is 17.8. The molecule has 0 atom stereocenters. The van der Waals surface area contributed by atoms with E-state index in [1.54, 1.807) is 30.3 Å². The molecule has 2 N–H and O–H groups in total. The summed E-state index contributed by atoms with van der Waals surface area (Å²) in [6.45, 7) is 8.76. The van der Waals surface area contributed by atoms with Gasteiger partial charge in [0.1, 0.15) is 24.2 Å². The zero-order chi connectivity index (χ0) is 34.9. The molecule has 1 saturated heterocycles. The number of benzene rings is 2. The number of likely N-dealkylation sites (N-methyl/N-ethyl adjacent to an activating group) is 1. The number of fused-ring (bicyclic) bond motifs is 1. The summed E-state index contributed by atoms with van der Waals surface area (Å²) >= 11 is 6.72. The molecule has 49 heavy (non-hydrogen) atoms. The van der Waals surface area contributed by atoms with E-state index >= 15 is 0 Å². The fourth-order valence-corrected chi connectivity index (χ4v) is 5.88. The lowest BCUT2D eigenvalue weighted by atomic mass is 9.96. The van der Waals surface area contributed by atoms with Gasteiger partial charge in [0.2, 0.25) is 5.91 Å². The highest BCUT2D eigenvalue weighted by molar-refractivity contribution is 6.32. The first kappa shape index (κ1) is 35.6. The van der Waals surface area contributed by atoms with Crippen LogP contribution in [-0.4, -0.2) is 61.2 Å². The van der Waals surface area contributed by atoms with E-state index in [0.29, 0.717) is 81.4 Å². The predicted octanol–water partition coefficient (Wildman–Crippen LogP) is 7.95. The Morgan fingerprint density at radius 1 is 1.14 bits per heavy atom. The van der Waals surface area contributed by atoms with Gasteiger partial charge in [-0.3, -0.25) is 14.8 Å². The molecule has 10 nitrogen and oxygen atoms in total. The molecule has 1 fully saturated rings. The second-order valence-corrected chi connectivity index (χ2v) is 12.9. The Kier molecular flexibility index (Phi) is 12.1. The van der Waals surface area contributed by atoms with Crippen molar-refractivity contribution in [1.29, 1.82) is 5.26 Å². The first-order valence-electron chi connectivity index (χ1n) is 16.6. The maximum Gasteiger partial charge on any atom is 0.248 e. The van der Waals surface area contributed by atoms with Crippen molar-refractivity contribution in [2.45, 2.75) is 52.1 Å². The lowest BCUT2D eigenvalue weighted by molar-refractivity contribution is -0.111. The molecule has 0 spiro atoms. The minimum absolute atomic E-state index is 0.0315. The summed E-state index contributed by atoms with van der Waals surface area (Å²) in [6, 6.07) is 15.5. The first-order chi connectivity index (χ1) is 23.7. The number of aromatic nitrogens is 2. The van der Waals surface area contributed by atoms with Gasteiger partial charge in [-0.1, -0.05) is 37.6 Å². The van der Waals surface area contributed by atoms with Crippen LogP contribution in [0.4, 0.5) is 17.1 Å². The van der Waals surface area contributed by atoms with Crippen molar-refractivity contribution in [3.63, 3.8) is 0 Å². The number of hydrogen-bond donors (Lipinski definition) is 2. The van der Waals surface area contributed by atoms with Crippen LogP contribution >= 0.6 is 11.6 Å². The van der Waals surface area contributed by atoms with Crippen LogP contribution in [0.3, 0.4) is 0 Å². The maximum atomic E-state index is 12.8. The van der Waals surface area contributed by atoms with Crippen molar-refractivity contribution in [3.8, 4) is 17.6 Å². The molecule has 2 aromatic heterocycles. The van der Waals surface area contributed by atoms with Gasteiger partial charge >= 0.3 is 0 Å². The average molecular weight is 683 g/mol. The number of ether oxygens (including phenoxy) is 3. The topological polar surface area (TPSA) is 122 Å². The standard InChI is InChI=1S/C38H43ClN6O4/c1-6-48-35-20-32-28(19-33(35)43-36(46)8-7-15-45(4)5)38(29(21-40)37(44-32)24(2)3)42-27-10-12-34(30(39)18-27)49-23-25-9-11-31(41-22-25)26-13-16-47-17-14-26/h7-12,18-20,22,24,26H,6,13-17,23H2,1-5H3,(H,42,44)(H,43,46)/b8-7+. The normalized spacial score (nSPS) is 13.6. The third-order valence-corrected chi connectivity index (χ3v) is 8.45. The number of amides is 1. The first-order valence-corrected chi connectivity index (χ1v) is 16.9. The van der Waals surface area contributed by atoms with Gasteiger partial charge in [0.15, 0.2) is 0 Å². The molecule has 1 aliphatic heterocycles. The summed E-state index contributed by atoms with van der Waals surface area (Å²) in [5.74, 6) is 1.12. The van der Waals surface area contributed by atoms with Crippen molar-refractivity contribution in [2.24, 2.45) is 0 Å². The van der Waals surface area contributed by atoms with Crippen molar-refractivity contribution in [1.82, 2.24) is 14.9 Å². The fraction of sp³-hybridized carbons (Fsp3) is 0.368. The van der Waals surface area contributed by atoms with E-state index < -0.39 is 0 Å². The van der Waals surface area contributed by atoms with Gasteiger partial charge in [0, 0.05) is 66.3 Å². The van der Waals surface area contributed by atoms with E-state index in [9.17, 15) is 10.1 Å². The van der Waals surface area contributed by atoms with E-state index in [4.69, 9.17) is 30.8 Å². The number of halogens is 1. The monoisotopic (exact) mass is 682 g/mol. The zero-order valence-corrected chi connectivity index (χ0v) is 29.4. The van der Waals surface area contributed by atoms with Crippen LogP contribution in [-0.2, 0) is 16.1 Å². The van der Waals surface area contributed by atoms with Crippen LogP contribution in [0, 0.1) is 11.3 Å². The summed E-state index contributed by atoms with van der Waals surface area (Å²) in [6.07, 6.45) is 7.11. The molecule has 3 heterocycles. The third kappa shape index (κ3) is 9.06. The number of pyridine rings is 2. The molecule has 0 radical (unpaired) electrons. The molecular formula is C38H43ClN6O4. The van der Waals surface area contributed by atoms with Crippen molar-refractivity contribution in [2.75, 3.05) is 51.1 Å². The summed E-state index contributed by atoms with van der Waals surface area (Å²) < 4.78 is 17.4. The minimum atomic E-state index is -0.294. The van der Waals surface area contributed by atoms with Gasteiger partial charge in [-0.15, -0.1) is 0 Å². The fourth-order valence-electron chi connectivity index (χ4n) is 5.65. The molecule has 5 rings (SSSR count). The highest BCUT2D eigenvalue weighted by Gasteiger charge is 2.21. The van der Waals surface area contributed by atoms with Gasteiger partial charge in [0.05, 0.1) is 39.8 Å². The number of hydrogen-bond acceptors (Lipinski definition) is 9. The van der Waals surface area contributed by atoms with Crippen molar-refractivity contribution in [3.05, 3.63) is 88.4 Å². The second kappa shape index (κ2) is 16.6. The molecule has 256 valence electrons. The number of nitrogens with zero attached hydrogens (tertiary/aromatic N) is 4. The van der Waals surface area contributed by atoms with Gasteiger partial charge in [-0.25, -0.2) is 0 Å². The lowest BCUT2D eigenvalue weighted by Gasteiger charge is -2.21. The number of anilines is 3. The van der Waals surface area contributed by atoms with Crippen LogP contribution in [0.2, 0.25) is 5.02 Å². The molecule has 0 bridgehead atoms. The number of carbonyl (C=O) groups excluding carboxylic acids is 1. The van der Waals surface area contributed by atoms with Gasteiger partial charge < -0.3 is 29.7 Å². The van der Waals surface area contributed by atoms with Crippen LogP contribution in [0.5, 0.6) is 11.5 Å². The van der Waals surface area contributed by atoms with E-state index in [2.05, 4.69) is 27.8 Å². The Hall–Kier alpha value is -4.69.